The number of hydrogen-bond donors (Lipinski definition) is 3. The molecule has 11 heteroatoms. The van der Waals surface area contributed by atoms with Gasteiger partial charge in [-0.3, -0.25) is 15.0 Å². The molecule has 0 aliphatic rings. The van der Waals surface area contributed by atoms with Gasteiger partial charge < -0.3 is 14.8 Å². The number of hydrazine groups is 1. The van der Waals surface area contributed by atoms with E-state index in [2.05, 4.69) is 10.1 Å². The first-order valence-corrected chi connectivity index (χ1v) is 12.0. The molecule has 0 aliphatic carbocycles. The highest BCUT2D eigenvalue weighted by Gasteiger charge is 2.41. The molecule has 8 nitrogen and oxygen atoms in total. The maximum Gasteiger partial charge on any atom is 0.406 e. The van der Waals surface area contributed by atoms with Crippen molar-refractivity contribution in [1.29, 1.82) is 0 Å². The van der Waals surface area contributed by atoms with Crippen LogP contribution in [0.15, 0.2) is 84.9 Å². The van der Waals surface area contributed by atoms with E-state index in [0.717, 1.165) is 7.11 Å². The largest absolute Gasteiger partial charge is 0.467 e. The van der Waals surface area contributed by atoms with Crippen molar-refractivity contribution in [3.63, 3.8) is 0 Å². The molecule has 0 aromatic heterocycles. The first-order chi connectivity index (χ1) is 18.6. The second-order valence-corrected chi connectivity index (χ2v) is 8.56. The number of nitrogens with one attached hydrogen (secondary N) is 3. The van der Waals surface area contributed by atoms with E-state index in [-0.39, 0.29) is 12.8 Å². The van der Waals surface area contributed by atoms with E-state index in [4.69, 9.17) is 4.74 Å². The minimum Gasteiger partial charge on any atom is -0.467 e. The van der Waals surface area contributed by atoms with E-state index < -0.39 is 42.5 Å². The van der Waals surface area contributed by atoms with Crippen molar-refractivity contribution < 1.29 is 37.0 Å². The van der Waals surface area contributed by atoms with Crippen molar-refractivity contribution >= 4 is 17.8 Å². The number of benzene rings is 3. The van der Waals surface area contributed by atoms with Gasteiger partial charge in [-0.2, -0.15) is 13.2 Å². The number of methoxy groups -OCH3 is 1. The van der Waals surface area contributed by atoms with Crippen LogP contribution in [-0.2, 0) is 32.0 Å². The predicted octanol–water partition coefficient (Wildman–Crippen LogP) is 3.86. The van der Waals surface area contributed by atoms with Gasteiger partial charge in [0.2, 0.25) is 11.8 Å². The average molecular weight is 544 g/mol. The molecular formula is C28H28F3N3O5. The Hall–Kier alpha value is -4.38. The summed E-state index contributed by atoms with van der Waals surface area (Å²) in [7, 11) is 1.12. The Kier molecular flexibility index (Phi) is 10.4. The van der Waals surface area contributed by atoms with Crippen LogP contribution in [0.3, 0.4) is 0 Å². The topological polar surface area (TPSA) is 106 Å². The standard InChI is InChI=1S/C28H28F3N3O5/c1-38-27(37)23(16-19-9-4-2-5-10-19)32-25(35)18-24(28(29,30)31)33-34-26(36)17-20-11-8-14-22(15-20)39-21-12-6-3-7-13-21/h2-15,23-24,33H,16-18H2,1H3,(H,32,35)(H,34,36). The second kappa shape index (κ2) is 14.0. The molecule has 2 amide bonds. The number of esters is 1. The summed E-state index contributed by atoms with van der Waals surface area (Å²) in [6.45, 7) is 0. The zero-order chi connectivity index (χ0) is 28.3. The summed E-state index contributed by atoms with van der Waals surface area (Å²) in [6, 6.07) is 20.6. The van der Waals surface area contributed by atoms with Crippen molar-refractivity contribution in [2.24, 2.45) is 0 Å². The maximum atomic E-state index is 13.6. The van der Waals surface area contributed by atoms with Crippen LogP contribution in [0.2, 0.25) is 0 Å². The third kappa shape index (κ3) is 9.78. The fourth-order valence-corrected chi connectivity index (χ4v) is 3.61. The number of rotatable bonds is 12. The van der Waals surface area contributed by atoms with Gasteiger partial charge in [-0.05, 0) is 35.4 Å². The van der Waals surface area contributed by atoms with Gasteiger partial charge in [0.15, 0.2) is 0 Å². The SMILES string of the molecule is COC(=O)C(Cc1ccccc1)NC(=O)CC(NNC(=O)Cc1cccc(Oc2ccccc2)c1)C(F)(F)F. The zero-order valence-electron chi connectivity index (χ0n) is 21.0. The molecule has 3 rings (SSSR count). The lowest BCUT2D eigenvalue weighted by molar-refractivity contribution is -0.165. The first kappa shape index (κ1) is 29.2. The molecule has 2 atom stereocenters. The van der Waals surface area contributed by atoms with Crippen LogP contribution < -0.4 is 20.9 Å². The highest BCUT2D eigenvalue weighted by molar-refractivity contribution is 5.85. The van der Waals surface area contributed by atoms with Gasteiger partial charge >= 0.3 is 12.1 Å². The number of para-hydroxylation sites is 1. The highest BCUT2D eigenvalue weighted by Crippen LogP contribution is 2.23. The Labute approximate surface area is 223 Å². The van der Waals surface area contributed by atoms with Crippen LogP contribution in [0.25, 0.3) is 0 Å². The number of carbonyl (C=O) groups is 3. The van der Waals surface area contributed by atoms with Gasteiger partial charge in [-0.15, -0.1) is 0 Å². The average Bonchev–Trinajstić information content (AvgIpc) is 2.91. The predicted molar refractivity (Wildman–Crippen MR) is 136 cm³/mol. The lowest BCUT2D eigenvalue weighted by Gasteiger charge is -2.23. The zero-order valence-corrected chi connectivity index (χ0v) is 21.0. The van der Waals surface area contributed by atoms with Crippen molar-refractivity contribution in [3.8, 4) is 11.5 Å². The lowest BCUT2D eigenvalue weighted by atomic mass is 10.1. The van der Waals surface area contributed by atoms with Crippen LogP contribution >= 0.6 is 0 Å². The molecule has 3 aromatic rings. The van der Waals surface area contributed by atoms with Gasteiger partial charge in [0.1, 0.15) is 23.6 Å². The van der Waals surface area contributed by atoms with Crippen molar-refractivity contribution in [2.75, 3.05) is 7.11 Å². The first-order valence-electron chi connectivity index (χ1n) is 12.0. The van der Waals surface area contributed by atoms with Crippen LogP contribution in [0.5, 0.6) is 11.5 Å². The normalized spacial score (nSPS) is 12.6. The number of amides is 2. The Bertz CT molecular complexity index is 1240. The van der Waals surface area contributed by atoms with E-state index in [9.17, 15) is 27.6 Å². The summed E-state index contributed by atoms with van der Waals surface area (Å²) in [5.74, 6) is -1.55. The van der Waals surface area contributed by atoms with Crippen molar-refractivity contribution in [1.82, 2.24) is 16.2 Å². The molecule has 0 aliphatic heterocycles. The molecule has 0 saturated carbocycles. The molecule has 3 aromatic carbocycles. The Morgan fingerprint density at radius 1 is 0.821 bits per heavy atom. The quantitative estimate of drug-likeness (QED) is 0.237. The minimum absolute atomic E-state index is 0.0349. The number of halogens is 3. The minimum atomic E-state index is -4.87. The van der Waals surface area contributed by atoms with Crippen LogP contribution in [-0.4, -0.2) is 43.2 Å². The van der Waals surface area contributed by atoms with Gasteiger partial charge in [-0.25, -0.2) is 10.2 Å². The van der Waals surface area contributed by atoms with Crippen molar-refractivity contribution in [3.05, 3.63) is 96.1 Å². The summed E-state index contributed by atoms with van der Waals surface area (Å²) >= 11 is 0. The third-order valence-electron chi connectivity index (χ3n) is 5.52. The van der Waals surface area contributed by atoms with E-state index in [1.807, 2.05) is 16.9 Å². The molecule has 0 radical (unpaired) electrons. The molecule has 0 spiro atoms. The smallest absolute Gasteiger partial charge is 0.406 e. The summed E-state index contributed by atoms with van der Waals surface area (Å²) < 4.78 is 51.3. The van der Waals surface area contributed by atoms with Crippen molar-refractivity contribution in [2.45, 2.75) is 37.5 Å². The Balaban J connectivity index is 1.56. The monoisotopic (exact) mass is 543 g/mol. The summed E-state index contributed by atoms with van der Waals surface area (Å²) in [5.41, 5.74) is 5.11. The number of ether oxygens (including phenoxy) is 2. The Morgan fingerprint density at radius 3 is 2.08 bits per heavy atom. The molecule has 3 N–H and O–H groups in total. The van der Waals surface area contributed by atoms with Crippen LogP contribution in [0.4, 0.5) is 13.2 Å². The molecule has 0 saturated heterocycles. The summed E-state index contributed by atoms with van der Waals surface area (Å²) in [4.78, 5) is 36.9. The van der Waals surface area contributed by atoms with Gasteiger partial charge in [0.05, 0.1) is 20.0 Å². The molecule has 0 bridgehead atoms. The summed E-state index contributed by atoms with van der Waals surface area (Å²) in [5, 5.41) is 2.29. The molecule has 2 unspecified atom stereocenters. The number of hydrogen-bond acceptors (Lipinski definition) is 6. The van der Waals surface area contributed by atoms with Crippen LogP contribution in [0, 0.1) is 0 Å². The van der Waals surface area contributed by atoms with Gasteiger partial charge in [0.25, 0.3) is 0 Å². The maximum absolute atomic E-state index is 13.6. The van der Waals surface area contributed by atoms with Gasteiger partial charge in [0, 0.05) is 6.42 Å². The van der Waals surface area contributed by atoms with E-state index in [0.29, 0.717) is 22.6 Å². The summed E-state index contributed by atoms with van der Waals surface area (Å²) in [6.07, 6.45) is -6.15. The van der Waals surface area contributed by atoms with E-state index in [1.54, 1.807) is 78.9 Å². The highest BCUT2D eigenvalue weighted by atomic mass is 19.4. The molecule has 39 heavy (non-hydrogen) atoms. The molecule has 0 heterocycles. The lowest BCUT2D eigenvalue weighted by Crippen LogP contribution is -2.54. The number of alkyl halides is 3. The fraction of sp³-hybridized carbons (Fsp3) is 0.250. The van der Waals surface area contributed by atoms with E-state index >= 15 is 0 Å². The third-order valence-corrected chi connectivity index (χ3v) is 5.52. The van der Waals surface area contributed by atoms with E-state index in [1.165, 1.54) is 0 Å². The number of carbonyl (C=O) groups excluding carboxylic acids is 3. The fourth-order valence-electron chi connectivity index (χ4n) is 3.61. The second-order valence-electron chi connectivity index (χ2n) is 8.56. The Morgan fingerprint density at radius 2 is 1.44 bits per heavy atom. The van der Waals surface area contributed by atoms with Gasteiger partial charge in [-0.1, -0.05) is 60.7 Å². The molecule has 0 fully saturated rings. The molecule has 206 valence electrons. The van der Waals surface area contributed by atoms with Crippen LogP contribution in [0.1, 0.15) is 17.5 Å². The molecular weight excluding hydrogens is 515 g/mol.